The fourth-order valence-electron chi connectivity index (χ4n) is 3.37. The molecule has 8 heteroatoms. The van der Waals surface area contributed by atoms with Crippen molar-refractivity contribution in [1.82, 2.24) is 14.5 Å². The quantitative estimate of drug-likeness (QED) is 0.408. The summed E-state index contributed by atoms with van der Waals surface area (Å²) in [4.78, 5) is 23.0. The molecule has 0 spiro atoms. The zero-order chi connectivity index (χ0) is 22.0. The van der Waals surface area contributed by atoms with Gasteiger partial charge in [-0.3, -0.25) is 9.36 Å². The first-order valence-electron chi connectivity index (χ1n) is 9.58. The molecule has 0 saturated heterocycles. The van der Waals surface area contributed by atoms with Gasteiger partial charge >= 0.3 is 0 Å². The maximum atomic E-state index is 13.6. The van der Waals surface area contributed by atoms with Gasteiger partial charge in [0.15, 0.2) is 0 Å². The first-order chi connectivity index (χ1) is 15.1. The van der Waals surface area contributed by atoms with Gasteiger partial charge < -0.3 is 5.32 Å². The first-order valence-corrected chi connectivity index (χ1v) is 11.2. The molecule has 0 aliphatic rings. The molecule has 0 amide bonds. The van der Waals surface area contributed by atoms with Gasteiger partial charge in [-0.1, -0.05) is 41.9 Å². The zero-order valence-corrected chi connectivity index (χ0v) is 18.5. The van der Waals surface area contributed by atoms with Crippen LogP contribution in [0.4, 0.5) is 11.6 Å². The van der Waals surface area contributed by atoms with Gasteiger partial charge in [0, 0.05) is 22.8 Å². The van der Waals surface area contributed by atoms with Crippen LogP contribution in [0.3, 0.4) is 0 Å². The minimum atomic E-state index is -0.250. The summed E-state index contributed by atoms with van der Waals surface area (Å²) in [6.07, 6.45) is 1.85. The van der Waals surface area contributed by atoms with E-state index in [1.54, 1.807) is 28.8 Å². The molecule has 0 saturated carbocycles. The SMILES string of the molecule is CCn1c(Nc2ccc(Cl)cc2)nc2c(C#N)c(SC)nc(-c3ccccc3)c2c1=O. The summed E-state index contributed by atoms with van der Waals surface area (Å²) >= 11 is 7.33. The molecule has 154 valence electrons. The highest BCUT2D eigenvalue weighted by Crippen LogP contribution is 2.32. The maximum absolute atomic E-state index is 13.6. The van der Waals surface area contributed by atoms with Crippen LogP contribution in [0.5, 0.6) is 0 Å². The summed E-state index contributed by atoms with van der Waals surface area (Å²) in [6, 6.07) is 18.8. The van der Waals surface area contributed by atoms with Crippen LogP contribution in [-0.4, -0.2) is 20.8 Å². The van der Waals surface area contributed by atoms with E-state index in [2.05, 4.69) is 16.4 Å². The van der Waals surface area contributed by atoms with Gasteiger partial charge in [-0.05, 0) is 37.4 Å². The average Bonchev–Trinajstić information content (AvgIpc) is 2.80. The number of pyridine rings is 1. The predicted molar refractivity (Wildman–Crippen MR) is 126 cm³/mol. The van der Waals surface area contributed by atoms with E-state index in [1.165, 1.54) is 11.8 Å². The largest absolute Gasteiger partial charge is 0.326 e. The molecule has 2 aromatic heterocycles. The van der Waals surface area contributed by atoms with E-state index in [4.69, 9.17) is 16.6 Å². The fraction of sp³-hybridized carbons (Fsp3) is 0.130. The number of hydrogen-bond acceptors (Lipinski definition) is 6. The van der Waals surface area contributed by atoms with E-state index >= 15 is 0 Å². The molecule has 0 radical (unpaired) electrons. The zero-order valence-electron chi connectivity index (χ0n) is 16.9. The van der Waals surface area contributed by atoms with Gasteiger partial charge in [0.1, 0.15) is 22.2 Å². The third kappa shape index (κ3) is 3.88. The van der Waals surface area contributed by atoms with Gasteiger partial charge in [0.05, 0.1) is 11.1 Å². The number of hydrogen-bond donors (Lipinski definition) is 1. The van der Waals surface area contributed by atoms with Gasteiger partial charge in [-0.2, -0.15) is 5.26 Å². The minimum Gasteiger partial charge on any atom is -0.326 e. The van der Waals surface area contributed by atoms with Crippen molar-refractivity contribution in [2.75, 3.05) is 11.6 Å². The summed E-state index contributed by atoms with van der Waals surface area (Å²) < 4.78 is 1.55. The first kappa shape index (κ1) is 20.9. The molecule has 0 aliphatic carbocycles. The number of benzene rings is 2. The Morgan fingerprint density at radius 1 is 1.13 bits per heavy atom. The average molecular weight is 448 g/mol. The van der Waals surface area contributed by atoms with Crippen LogP contribution in [0.25, 0.3) is 22.2 Å². The Labute approximate surface area is 188 Å². The van der Waals surface area contributed by atoms with E-state index in [0.29, 0.717) is 44.7 Å². The van der Waals surface area contributed by atoms with E-state index in [-0.39, 0.29) is 5.56 Å². The summed E-state index contributed by atoms with van der Waals surface area (Å²) in [5.74, 6) is 0.357. The molecule has 4 rings (SSSR count). The molecule has 4 aromatic rings. The Bertz CT molecular complexity index is 1360. The lowest BCUT2D eigenvalue weighted by Gasteiger charge is -2.16. The number of aromatic nitrogens is 3. The Hall–Kier alpha value is -3.34. The third-order valence-corrected chi connectivity index (χ3v) is 5.77. The van der Waals surface area contributed by atoms with E-state index in [0.717, 1.165) is 11.3 Å². The van der Waals surface area contributed by atoms with E-state index in [1.807, 2.05) is 43.5 Å². The van der Waals surface area contributed by atoms with E-state index in [9.17, 15) is 10.1 Å². The number of nitriles is 1. The topological polar surface area (TPSA) is 83.6 Å². The number of halogens is 1. The van der Waals surface area contributed by atoms with E-state index < -0.39 is 0 Å². The molecule has 6 nitrogen and oxygen atoms in total. The van der Waals surface area contributed by atoms with Gasteiger partial charge in [-0.15, -0.1) is 11.8 Å². The normalized spacial score (nSPS) is 10.8. The molecule has 0 unspecified atom stereocenters. The molecule has 0 atom stereocenters. The van der Waals surface area contributed by atoms with Crippen LogP contribution in [0.15, 0.2) is 64.4 Å². The number of nitrogens with one attached hydrogen (secondary N) is 1. The van der Waals surface area contributed by atoms with Gasteiger partial charge in [0.25, 0.3) is 5.56 Å². The lowest BCUT2D eigenvalue weighted by molar-refractivity contribution is 0.728. The van der Waals surface area contributed by atoms with Gasteiger partial charge in [0.2, 0.25) is 5.95 Å². The number of thioether (sulfide) groups is 1. The third-order valence-electron chi connectivity index (χ3n) is 4.84. The Morgan fingerprint density at radius 2 is 1.84 bits per heavy atom. The van der Waals surface area contributed by atoms with Crippen molar-refractivity contribution in [2.45, 2.75) is 18.5 Å². The number of fused-ring (bicyclic) bond motifs is 1. The predicted octanol–water partition coefficient (Wildman–Crippen LogP) is 5.47. The van der Waals surface area contributed by atoms with Crippen molar-refractivity contribution >= 4 is 45.9 Å². The number of nitrogens with zero attached hydrogens (tertiary/aromatic N) is 4. The molecule has 1 N–H and O–H groups in total. The molecule has 0 aliphatic heterocycles. The Balaban J connectivity index is 2.06. The highest BCUT2D eigenvalue weighted by Gasteiger charge is 2.22. The second-order valence-corrected chi connectivity index (χ2v) is 7.89. The van der Waals surface area contributed by atoms with Crippen molar-refractivity contribution in [2.24, 2.45) is 0 Å². The highest BCUT2D eigenvalue weighted by atomic mass is 35.5. The Kier molecular flexibility index (Phi) is 5.94. The van der Waals surface area contributed by atoms with Crippen molar-refractivity contribution in [3.63, 3.8) is 0 Å². The molecule has 0 bridgehead atoms. The van der Waals surface area contributed by atoms with Crippen molar-refractivity contribution in [1.29, 1.82) is 5.26 Å². The second-order valence-electron chi connectivity index (χ2n) is 6.66. The minimum absolute atomic E-state index is 0.250. The second kappa shape index (κ2) is 8.80. The summed E-state index contributed by atoms with van der Waals surface area (Å²) in [5.41, 5.74) is 2.44. The highest BCUT2D eigenvalue weighted by molar-refractivity contribution is 7.98. The summed E-state index contributed by atoms with van der Waals surface area (Å²) in [7, 11) is 0. The van der Waals surface area contributed by atoms with Crippen molar-refractivity contribution in [3.05, 3.63) is 75.5 Å². The van der Waals surface area contributed by atoms with Crippen LogP contribution in [-0.2, 0) is 6.54 Å². The van der Waals surface area contributed by atoms with Crippen molar-refractivity contribution in [3.8, 4) is 17.3 Å². The monoisotopic (exact) mass is 447 g/mol. The van der Waals surface area contributed by atoms with Gasteiger partial charge in [-0.25, -0.2) is 9.97 Å². The van der Waals surface area contributed by atoms with Crippen LogP contribution in [0.1, 0.15) is 12.5 Å². The summed E-state index contributed by atoms with van der Waals surface area (Å²) in [6.45, 7) is 2.27. The van der Waals surface area contributed by atoms with Crippen LogP contribution >= 0.6 is 23.4 Å². The lowest BCUT2D eigenvalue weighted by Crippen LogP contribution is -2.25. The molecular formula is C23H18ClN5OS. The maximum Gasteiger partial charge on any atom is 0.265 e. The van der Waals surface area contributed by atoms with Crippen LogP contribution in [0.2, 0.25) is 5.02 Å². The molecule has 2 heterocycles. The summed E-state index contributed by atoms with van der Waals surface area (Å²) in [5, 5.41) is 14.5. The standard InChI is InChI=1S/C23H18ClN5OS/c1-3-29-22(30)18-19(14-7-5-4-6-8-14)27-21(31-2)17(13-25)20(18)28-23(29)26-16-11-9-15(24)10-12-16/h4-12H,3H2,1-2H3,(H,26,28). The molecular weight excluding hydrogens is 430 g/mol. The number of rotatable bonds is 5. The Morgan fingerprint density at radius 3 is 2.45 bits per heavy atom. The molecule has 31 heavy (non-hydrogen) atoms. The van der Waals surface area contributed by atoms with Crippen LogP contribution in [0, 0.1) is 11.3 Å². The molecule has 0 fully saturated rings. The number of anilines is 2. The molecule has 2 aromatic carbocycles. The van der Waals surface area contributed by atoms with Crippen molar-refractivity contribution < 1.29 is 0 Å². The van der Waals surface area contributed by atoms with Crippen LogP contribution < -0.4 is 10.9 Å². The lowest BCUT2D eigenvalue weighted by atomic mass is 10.1. The fourth-order valence-corrected chi connectivity index (χ4v) is 4.02. The smallest absolute Gasteiger partial charge is 0.265 e.